The Hall–Kier alpha value is -1.41. The molecule has 2 aromatic rings. The molecule has 1 aromatic heterocycles. The zero-order valence-corrected chi connectivity index (χ0v) is 12.9. The Labute approximate surface area is 127 Å². The topological polar surface area (TPSA) is 55.4 Å². The number of hydrogen-bond acceptors (Lipinski definition) is 4. The first-order valence-corrected chi connectivity index (χ1v) is 7.30. The molecule has 0 aliphatic rings. The van der Waals surface area contributed by atoms with Crippen LogP contribution in [0, 0.1) is 3.57 Å². The molecule has 98 valence electrons. The number of carbonyl (C=O) groups is 2. The van der Waals surface area contributed by atoms with E-state index >= 15 is 0 Å². The van der Waals surface area contributed by atoms with E-state index in [0.29, 0.717) is 16.1 Å². The minimum Gasteiger partial charge on any atom is -0.465 e. The lowest BCUT2D eigenvalue weighted by Crippen LogP contribution is -2.14. The van der Waals surface area contributed by atoms with Crippen LogP contribution < -0.4 is 5.32 Å². The van der Waals surface area contributed by atoms with E-state index in [1.807, 2.05) is 12.1 Å². The Balaban J connectivity index is 2.20. The third-order valence-corrected chi connectivity index (χ3v) is 3.94. The number of benzene rings is 1. The molecule has 19 heavy (non-hydrogen) atoms. The first-order chi connectivity index (χ1) is 9.11. The van der Waals surface area contributed by atoms with Gasteiger partial charge in [0, 0.05) is 9.13 Å². The van der Waals surface area contributed by atoms with Gasteiger partial charge in [0.05, 0.1) is 12.8 Å². The quantitative estimate of drug-likeness (QED) is 0.649. The summed E-state index contributed by atoms with van der Waals surface area (Å²) in [6.45, 7) is 0. The summed E-state index contributed by atoms with van der Waals surface area (Å²) in [5.41, 5.74) is 1.02. The van der Waals surface area contributed by atoms with Crippen LogP contribution in [0.3, 0.4) is 0 Å². The predicted molar refractivity (Wildman–Crippen MR) is 82.8 cm³/mol. The van der Waals surface area contributed by atoms with E-state index in [1.54, 1.807) is 23.6 Å². The number of amides is 1. The number of hydrogen-bond donors (Lipinski definition) is 1. The molecule has 4 nitrogen and oxygen atoms in total. The molecule has 2 rings (SSSR count). The maximum Gasteiger partial charge on any atom is 0.350 e. The molecule has 1 aromatic carbocycles. The van der Waals surface area contributed by atoms with Crippen molar-refractivity contribution in [1.29, 1.82) is 0 Å². The fourth-order valence-corrected chi connectivity index (χ4v) is 2.79. The molecule has 0 aliphatic heterocycles. The predicted octanol–water partition coefficient (Wildman–Crippen LogP) is 3.39. The molecule has 0 saturated carbocycles. The molecule has 1 N–H and O–H groups in total. The molecule has 0 spiro atoms. The van der Waals surface area contributed by atoms with E-state index in [2.05, 4.69) is 32.6 Å². The minimum absolute atomic E-state index is 0.248. The molecule has 0 bridgehead atoms. The van der Waals surface area contributed by atoms with Crippen molar-refractivity contribution in [1.82, 2.24) is 0 Å². The summed E-state index contributed by atoms with van der Waals surface area (Å²) in [6.07, 6.45) is 0. The summed E-state index contributed by atoms with van der Waals surface area (Å²) in [6, 6.07) is 8.90. The Morgan fingerprint density at radius 2 is 2.11 bits per heavy atom. The van der Waals surface area contributed by atoms with Crippen LogP contribution in [0.15, 0.2) is 35.7 Å². The summed E-state index contributed by atoms with van der Waals surface area (Å²) in [7, 11) is 1.31. The number of ether oxygens (including phenoxy) is 1. The highest BCUT2D eigenvalue weighted by molar-refractivity contribution is 14.1. The van der Waals surface area contributed by atoms with Gasteiger partial charge in [-0.05, 0) is 52.2 Å². The minimum atomic E-state index is -0.451. The van der Waals surface area contributed by atoms with Crippen molar-refractivity contribution < 1.29 is 14.3 Å². The van der Waals surface area contributed by atoms with Crippen LogP contribution >= 0.6 is 33.9 Å². The summed E-state index contributed by atoms with van der Waals surface area (Å²) >= 11 is 3.37. The average Bonchev–Trinajstić information content (AvgIpc) is 2.86. The zero-order valence-electron chi connectivity index (χ0n) is 9.98. The largest absolute Gasteiger partial charge is 0.465 e. The van der Waals surface area contributed by atoms with Gasteiger partial charge in [0.25, 0.3) is 5.91 Å². The lowest BCUT2D eigenvalue weighted by molar-refractivity contribution is 0.0607. The molecule has 1 amide bonds. The summed E-state index contributed by atoms with van der Waals surface area (Å²) < 4.78 is 5.64. The molecule has 0 radical (unpaired) electrons. The Morgan fingerprint density at radius 3 is 2.79 bits per heavy atom. The van der Waals surface area contributed by atoms with E-state index in [0.717, 1.165) is 3.57 Å². The highest BCUT2D eigenvalue weighted by Crippen LogP contribution is 2.23. The molecule has 0 fully saturated rings. The number of carbonyl (C=O) groups excluding carboxylic acids is 2. The number of anilines is 1. The number of rotatable bonds is 3. The first kappa shape index (κ1) is 14.0. The molecular formula is C13H10INO3S. The maximum atomic E-state index is 12.1. The van der Waals surface area contributed by atoms with Crippen molar-refractivity contribution in [2.45, 2.75) is 0 Å². The van der Waals surface area contributed by atoms with Crippen molar-refractivity contribution in [3.8, 4) is 0 Å². The molecule has 1 heterocycles. The number of methoxy groups -OCH3 is 1. The number of halogens is 1. The lowest BCUT2D eigenvalue weighted by atomic mass is 10.2. The maximum absolute atomic E-state index is 12.1. The molecule has 0 unspecified atom stereocenters. The smallest absolute Gasteiger partial charge is 0.350 e. The highest BCUT2D eigenvalue weighted by Gasteiger charge is 2.16. The van der Waals surface area contributed by atoms with Gasteiger partial charge in [0.1, 0.15) is 4.88 Å². The second kappa shape index (κ2) is 6.16. The van der Waals surface area contributed by atoms with Crippen molar-refractivity contribution in [3.05, 3.63) is 49.7 Å². The average molecular weight is 387 g/mol. The lowest BCUT2D eigenvalue weighted by Gasteiger charge is -2.05. The van der Waals surface area contributed by atoms with Gasteiger partial charge < -0.3 is 10.1 Å². The van der Waals surface area contributed by atoms with E-state index in [9.17, 15) is 9.59 Å². The normalized spacial score (nSPS) is 10.0. The van der Waals surface area contributed by atoms with Gasteiger partial charge >= 0.3 is 5.97 Å². The van der Waals surface area contributed by atoms with E-state index in [-0.39, 0.29) is 5.91 Å². The van der Waals surface area contributed by atoms with Crippen LogP contribution in [0.25, 0.3) is 0 Å². The number of esters is 1. The standard InChI is InChI=1S/C13H10INO3S/c1-18-13(17)11-10(5-6-19-11)15-12(16)8-3-2-4-9(14)7-8/h2-7H,1H3,(H,15,16). The summed E-state index contributed by atoms with van der Waals surface area (Å²) in [5.74, 6) is -0.699. The van der Waals surface area contributed by atoms with Crippen molar-refractivity contribution >= 4 is 51.5 Å². The fourth-order valence-electron chi connectivity index (χ4n) is 1.48. The third kappa shape index (κ3) is 3.32. The SMILES string of the molecule is COC(=O)c1sccc1NC(=O)c1cccc(I)c1. The second-order valence-corrected chi connectivity index (χ2v) is 5.78. The van der Waals surface area contributed by atoms with Gasteiger partial charge in [0.15, 0.2) is 0 Å². The van der Waals surface area contributed by atoms with Crippen molar-refractivity contribution in [3.63, 3.8) is 0 Å². The third-order valence-electron chi connectivity index (χ3n) is 2.37. The molecular weight excluding hydrogens is 377 g/mol. The van der Waals surface area contributed by atoms with Gasteiger partial charge in [-0.3, -0.25) is 4.79 Å². The highest BCUT2D eigenvalue weighted by atomic mass is 127. The van der Waals surface area contributed by atoms with Crippen molar-refractivity contribution in [2.75, 3.05) is 12.4 Å². The molecule has 0 atom stereocenters. The summed E-state index contributed by atoms with van der Waals surface area (Å²) in [4.78, 5) is 24.0. The van der Waals surface area contributed by atoms with Crippen LogP contribution in [0.2, 0.25) is 0 Å². The van der Waals surface area contributed by atoms with Crippen LogP contribution in [0.4, 0.5) is 5.69 Å². The van der Waals surface area contributed by atoms with Gasteiger partial charge in [-0.15, -0.1) is 11.3 Å². The van der Waals surface area contributed by atoms with E-state index < -0.39 is 5.97 Å². The van der Waals surface area contributed by atoms with Crippen LogP contribution in [0.1, 0.15) is 20.0 Å². The Bertz CT molecular complexity index is 624. The Morgan fingerprint density at radius 1 is 1.32 bits per heavy atom. The first-order valence-electron chi connectivity index (χ1n) is 5.34. The zero-order chi connectivity index (χ0) is 13.8. The van der Waals surface area contributed by atoms with Crippen LogP contribution in [-0.4, -0.2) is 19.0 Å². The van der Waals surface area contributed by atoms with Gasteiger partial charge in [-0.2, -0.15) is 0 Å². The summed E-state index contributed by atoms with van der Waals surface area (Å²) in [5, 5.41) is 4.45. The van der Waals surface area contributed by atoms with E-state index in [1.165, 1.54) is 18.4 Å². The molecule has 6 heteroatoms. The van der Waals surface area contributed by atoms with Gasteiger partial charge in [-0.1, -0.05) is 6.07 Å². The Kier molecular flexibility index (Phi) is 4.54. The monoisotopic (exact) mass is 387 g/mol. The molecule has 0 saturated heterocycles. The van der Waals surface area contributed by atoms with Crippen LogP contribution in [0.5, 0.6) is 0 Å². The number of thiophene rings is 1. The molecule has 0 aliphatic carbocycles. The van der Waals surface area contributed by atoms with Crippen LogP contribution in [-0.2, 0) is 4.74 Å². The second-order valence-electron chi connectivity index (χ2n) is 3.62. The van der Waals surface area contributed by atoms with Gasteiger partial charge in [-0.25, -0.2) is 4.79 Å². The fraction of sp³-hybridized carbons (Fsp3) is 0.0769. The van der Waals surface area contributed by atoms with E-state index in [4.69, 9.17) is 0 Å². The van der Waals surface area contributed by atoms with Crippen molar-refractivity contribution in [2.24, 2.45) is 0 Å². The van der Waals surface area contributed by atoms with Gasteiger partial charge in [0.2, 0.25) is 0 Å². The number of nitrogens with one attached hydrogen (secondary N) is 1.